The average Bonchev–Trinajstić information content (AvgIpc) is 2.75. The fourth-order valence-electron chi connectivity index (χ4n) is 2.42. The Labute approximate surface area is 109 Å². The first-order valence-corrected chi connectivity index (χ1v) is 6.74. The molecule has 1 aromatic carbocycles. The summed E-state index contributed by atoms with van der Waals surface area (Å²) >= 11 is 0. The summed E-state index contributed by atoms with van der Waals surface area (Å²) in [6.07, 6.45) is 2.70. The van der Waals surface area contributed by atoms with Gasteiger partial charge in [-0.1, -0.05) is 18.2 Å². The van der Waals surface area contributed by atoms with Gasteiger partial charge in [0.05, 0.1) is 24.4 Å². The van der Waals surface area contributed by atoms with Gasteiger partial charge in [0.1, 0.15) is 5.75 Å². The topological polar surface area (TPSA) is 44.5 Å². The summed E-state index contributed by atoms with van der Waals surface area (Å²) in [4.78, 5) is 0. The van der Waals surface area contributed by atoms with Gasteiger partial charge < -0.3 is 15.2 Å². The van der Waals surface area contributed by atoms with E-state index in [1.54, 1.807) is 0 Å². The summed E-state index contributed by atoms with van der Waals surface area (Å²) in [6, 6.07) is 7.89. The molecule has 1 aliphatic rings. The van der Waals surface area contributed by atoms with Crippen LogP contribution in [-0.4, -0.2) is 18.3 Å². The molecule has 0 bridgehead atoms. The lowest BCUT2D eigenvalue weighted by atomic mass is 9.99. The van der Waals surface area contributed by atoms with E-state index in [9.17, 15) is 0 Å². The third-order valence-electron chi connectivity index (χ3n) is 3.31. The first kappa shape index (κ1) is 13.4. The van der Waals surface area contributed by atoms with E-state index >= 15 is 0 Å². The highest BCUT2D eigenvalue weighted by Gasteiger charge is 2.29. The second-order valence-corrected chi connectivity index (χ2v) is 5.29. The zero-order valence-electron chi connectivity index (χ0n) is 11.4. The fourth-order valence-corrected chi connectivity index (χ4v) is 2.42. The Bertz CT molecular complexity index is 392. The van der Waals surface area contributed by atoms with E-state index in [0.717, 1.165) is 24.2 Å². The summed E-state index contributed by atoms with van der Waals surface area (Å²) in [5.41, 5.74) is 7.38. The number of hydrogen-bond acceptors (Lipinski definition) is 3. The molecule has 2 rings (SSSR count). The normalized spacial score (nSPS) is 25.4. The average molecular weight is 249 g/mol. The molecular weight excluding hydrogens is 226 g/mol. The van der Waals surface area contributed by atoms with Crippen molar-refractivity contribution in [3.8, 4) is 5.75 Å². The largest absolute Gasteiger partial charge is 0.491 e. The van der Waals surface area contributed by atoms with Gasteiger partial charge in [0.15, 0.2) is 0 Å². The monoisotopic (exact) mass is 249 g/mol. The van der Waals surface area contributed by atoms with E-state index in [4.69, 9.17) is 15.2 Å². The zero-order valence-corrected chi connectivity index (χ0v) is 11.4. The van der Waals surface area contributed by atoms with Crippen LogP contribution in [0.3, 0.4) is 0 Å². The van der Waals surface area contributed by atoms with Crippen LogP contribution in [0.25, 0.3) is 0 Å². The molecular formula is C15H23NO2. The van der Waals surface area contributed by atoms with Crippen molar-refractivity contribution < 1.29 is 9.47 Å². The molecule has 1 heterocycles. The van der Waals surface area contributed by atoms with Crippen LogP contribution in [0.2, 0.25) is 0 Å². The lowest BCUT2D eigenvalue weighted by Gasteiger charge is -2.23. The van der Waals surface area contributed by atoms with Crippen molar-refractivity contribution in [2.45, 2.75) is 58.0 Å². The van der Waals surface area contributed by atoms with Crippen LogP contribution in [0.5, 0.6) is 5.75 Å². The van der Waals surface area contributed by atoms with Gasteiger partial charge in [0, 0.05) is 5.56 Å². The molecule has 3 nitrogen and oxygen atoms in total. The molecule has 0 saturated carbocycles. The van der Waals surface area contributed by atoms with Crippen LogP contribution in [0.15, 0.2) is 24.3 Å². The molecule has 18 heavy (non-hydrogen) atoms. The summed E-state index contributed by atoms with van der Waals surface area (Å²) in [7, 11) is 0. The van der Waals surface area contributed by atoms with E-state index in [1.165, 1.54) is 0 Å². The molecule has 0 radical (unpaired) electrons. The molecule has 3 heteroatoms. The van der Waals surface area contributed by atoms with Crippen molar-refractivity contribution in [1.82, 2.24) is 0 Å². The highest BCUT2D eigenvalue weighted by atomic mass is 16.5. The first-order chi connectivity index (χ1) is 8.58. The van der Waals surface area contributed by atoms with Gasteiger partial charge in [-0.25, -0.2) is 0 Å². The molecule has 0 aromatic heterocycles. The van der Waals surface area contributed by atoms with Crippen LogP contribution >= 0.6 is 0 Å². The Kier molecular flexibility index (Phi) is 4.25. The van der Waals surface area contributed by atoms with Crippen LogP contribution in [0, 0.1) is 0 Å². The predicted octanol–water partition coefficient (Wildman–Crippen LogP) is 3.04. The predicted molar refractivity (Wildman–Crippen MR) is 72.7 cm³/mol. The molecule has 1 aromatic rings. The smallest absolute Gasteiger partial charge is 0.124 e. The number of nitrogens with two attached hydrogens (primary N) is 1. The number of para-hydroxylation sites is 1. The quantitative estimate of drug-likeness (QED) is 0.892. The molecule has 100 valence electrons. The standard InChI is InChI=1S/C15H23NO2/c1-10(2)17-13-7-5-4-6-12(13)15(16)14-9-8-11(3)18-14/h4-7,10-11,14-15H,8-9,16H2,1-3H3. The zero-order chi connectivity index (χ0) is 13.1. The van der Waals surface area contributed by atoms with Gasteiger partial charge in [-0.05, 0) is 39.7 Å². The maximum absolute atomic E-state index is 6.33. The summed E-state index contributed by atoms with van der Waals surface area (Å²) in [6.45, 7) is 6.15. The second kappa shape index (κ2) is 5.72. The van der Waals surface area contributed by atoms with Crippen LogP contribution < -0.4 is 10.5 Å². The van der Waals surface area contributed by atoms with Gasteiger partial charge in [-0.15, -0.1) is 0 Å². The lowest BCUT2D eigenvalue weighted by molar-refractivity contribution is 0.0393. The van der Waals surface area contributed by atoms with Crippen molar-refractivity contribution in [1.29, 1.82) is 0 Å². The molecule has 0 amide bonds. The maximum atomic E-state index is 6.33. The lowest BCUT2D eigenvalue weighted by Crippen LogP contribution is -2.27. The van der Waals surface area contributed by atoms with Gasteiger partial charge in [0.2, 0.25) is 0 Å². The van der Waals surface area contributed by atoms with E-state index < -0.39 is 0 Å². The molecule has 0 aliphatic carbocycles. The molecule has 3 atom stereocenters. The van der Waals surface area contributed by atoms with Crippen molar-refractivity contribution in [3.05, 3.63) is 29.8 Å². The van der Waals surface area contributed by atoms with Crippen molar-refractivity contribution in [3.63, 3.8) is 0 Å². The van der Waals surface area contributed by atoms with Gasteiger partial charge in [-0.3, -0.25) is 0 Å². The highest BCUT2D eigenvalue weighted by molar-refractivity contribution is 5.36. The van der Waals surface area contributed by atoms with Gasteiger partial charge in [0.25, 0.3) is 0 Å². The fraction of sp³-hybridized carbons (Fsp3) is 0.600. The van der Waals surface area contributed by atoms with Gasteiger partial charge >= 0.3 is 0 Å². The van der Waals surface area contributed by atoms with E-state index in [1.807, 2.05) is 38.1 Å². The number of rotatable bonds is 4. The second-order valence-electron chi connectivity index (χ2n) is 5.29. The Morgan fingerprint density at radius 2 is 2.00 bits per heavy atom. The van der Waals surface area contributed by atoms with Crippen LogP contribution in [0.1, 0.15) is 45.2 Å². The highest BCUT2D eigenvalue weighted by Crippen LogP contribution is 2.33. The van der Waals surface area contributed by atoms with Crippen molar-refractivity contribution in [2.75, 3.05) is 0 Å². The maximum Gasteiger partial charge on any atom is 0.124 e. The van der Waals surface area contributed by atoms with Crippen LogP contribution in [-0.2, 0) is 4.74 Å². The van der Waals surface area contributed by atoms with Crippen molar-refractivity contribution in [2.24, 2.45) is 5.73 Å². The third kappa shape index (κ3) is 3.03. The number of benzene rings is 1. The molecule has 1 saturated heterocycles. The molecule has 1 aliphatic heterocycles. The molecule has 2 N–H and O–H groups in total. The minimum Gasteiger partial charge on any atom is -0.491 e. The molecule has 0 spiro atoms. The van der Waals surface area contributed by atoms with E-state index in [0.29, 0.717) is 6.10 Å². The van der Waals surface area contributed by atoms with Gasteiger partial charge in [-0.2, -0.15) is 0 Å². The molecule has 3 unspecified atom stereocenters. The minimum absolute atomic E-state index is 0.107. The van der Waals surface area contributed by atoms with Crippen molar-refractivity contribution >= 4 is 0 Å². The third-order valence-corrected chi connectivity index (χ3v) is 3.31. The summed E-state index contributed by atoms with van der Waals surface area (Å²) in [5, 5.41) is 0. The number of hydrogen-bond donors (Lipinski definition) is 1. The SMILES string of the molecule is CC(C)Oc1ccccc1C(N)C1CCC(C)O1. The minimum atomic E-state index is -0.107. The first-order valence-electron chi connectivity index (χ1n) is 6.74. The van der Waals surface area contributed by atoms with E-state index in [-0.39, 0.29) is 18.2 Å². The summed E-state index contributed by atoms with van der Waals surface area (Å²) < 4.78 is 11.7. The number of ether oxygens (including phenoxy) is 2. The molecule has 1 fully saturated rings. The van der Waals surface area contributed by atoms with Crippen LogP contribution in [0.4, 0.5) is 0 Å². The summed E-state index contributed by atoms with van der Waals surface area (Å²) in [5.74, 6) is 0.878. The van der Waals surface area contributed by atoms with E-state index in [2.05, 4.69) is 6.92 Å². The Morgan fingerprint density at radius 1 is 1.28 bits per heavy atom. The Morgan fingerprint density at radius 3 is 2.61 bits per heavy atom. The Balaban J connectivity index is 2.16. The Hall–Kier alpha value is -1.06.